The summed E-state index contributed by atoms with van der Waals surface area (Å²) in [6.07, 6.45) is 2.37. The monoisotopic (exact) mass is 392 g/mol. The normalized spacial score (nSPS) is 19.4. The Hall–Kier alpha value is -2.86. The van der Waals surface area contributed by atoms with Gasteiger partial charge in [-0.25, -0.2) is 4.79 Å². The average molecular weight is 393 g/mol. The number of amides is 2. The fraction of sp³-hybridized carbons (Fsp3) is 0.391. The molecule has 152 valence electrons. The van der Waals surface area contributed by atoms with Crippen LogP contribution in [0.25, 0.3) is 10.8 Å². The molecule has 0 radical (unpaired) electrons. The van der Waals surface area contributed by atoms with Crippen LogP contribution in [0.1, 0.15) is 37.6 Å². The van der Waals surface area contributed by atoms with Gasteiger partial charge in [0, 0.05) is 31.8 Å². The lowest BCUT2D eigenvalue weighted by atomic mass is 9.83. The minimum absolute atomic E-state index is 0.0609. The number of nitrogens with one attached hydrogen (secondary N) is 2. The van der Waals surface area contributed by atoms with Gasteiger partial charge >= 0.3 is 6.03 Å². The van der Waals surface area contributed by atoms with Crippen LogP contribution >= 0.6 is 0 Å². The first kappa shape index (κ1) is 19.5. The molecular formula is C23H28N4O2. The molecule has 0 aliphatic carbocycles. The van der Waals surface area contributed by atoms with Crippen LogP contribution in [0.15, 0.2) is 54.7 Å². The molecule has 2 amide bonds. The molecule has 1 aromatic heterocycles. The van der Waals surface area contributed by atoms with Crippen molar-refractivity contribution < 1.29 is 9.53 Å². The van der Waals surface area contributed by atoms with Crippen LogP contribution in [-0.2, 0) is 17.2 Å². The second kappa shape index (κ2) is 7.87. The highest BCUT2D eigenvalue weighted by molar-refractivity contribution is 5.83. The van der Waals surface area contributed by atoms with Gasteiger partial charge in [-0.2, -0.15) is 5.10 Å². The lowest BCUT2D eigenvalue weighted by molar-refractivity contribution is 0.0934. The second-order valence-electron chi connectivity index (χ2n) is 8.34. The number of aryl methyl sites for hydroxylation is 1. The number of aromatic nitrogens is 2. The number of hydrogen-bond acceptors (Lipinski definition) is 3. The average Bonchev–Trinajstić information content (AvgIpc) is 3.34. The molecule has 1 fully saturated rings. The van der Waals surface area contributed by atoms with E-state index in [0.717, 1.165) is 12.1 Å². The molecule has 2 aromatic carbocycles. The zero-order chi connectivity index (χ0) is 20.4. The molecule has 0 spiro atoms. The van der Waals surface area contributed by atoms with Gasteiger partial charge in [-0.15, -0.1) is 0 Å². The van der Waals surface area contributed by atoms with E-state index in [-0.39, 0.29) is 23.6 Å². The SMILES string of the molecule is Cn1nccc1[C@H]1OCC[C@@H]1NC(=O)NCC(C)(C)c1ccc2ccccc2c1. The third kappa shape index (κ3) is 4.12. The van der Waals surface area contributed by atoms with Crippen molar-refractivity contribution in [1.82, 2.24) is 20.4 Å². The van der Waals surface area contributed by atoms with E-state index in [4.69, 9.17) is 4.74 Å². The van der Waals surface area contributed by atoms with Crippen molar-refractivity contribution in [3.8, 4) is 0 Å². The maximum atomic E-state index is 12.6. The fourth-order valence-electron chi connectivity index (χ4n) is 3.93. The van der Waals surface area contributed by atoms with E-state index < -0.39 is 0 Å². The molecule has 6 nitrogen and oxygen atoms in total. The van der Waals surface area contributed by atoms with Crippen molar-refractivity contribution in [1.29, 1.82) is 0 Å². The van der Waals surface area contributed by atoms with Crippen molar-refractivity contribution >= 4 is 16.8 Å². The predicted molar refractivity (Wildman–Crippen MR) is 114 cm³/mol. The van der Waals surface area contributed by atoms with E-state index in [1.54, 1.807) is 10.9 Å². The zero-order valence-electron chi connectivity index (χ0n) is 17.2. The first-order valence-corrected chi connectivity index (χ1v) is 10.1. The van der Waals surface area contributed by atoms with Gasteiger partial charge in [0.1, 0.15) is 6.10 Å². The molecule has 1 aliphatic heterocycles. The molecule has 6 heteroatoms. The number of carbonyl (C=O) groups is 1. The number of fused-ring (bicyclic) bond motifs is 1. The van der Waals surface area contributed by atoms with Crippen molar-refractivity contribution in [2.45, 2.75) is 37.8 Å². The number of nitrogens with zero attached hydrogens (tertiary/aromatic N) is 2. The Bertz CT molecular complexity index is 1010. The summed E-state index contributed by atoms with van der Waals surface area (Å²) in [5.41, 5.74) is 1.99. The van der Waals surface area contributed by atoms with E-state index in [1.807, 2.05) is 25.2 Å². The third-order valence-corrected chi connectivity index (χ3v) is 5.78. The van der Waals surface area contributed by atoms with E-state index in [1.165, 1.54) is 16.3 Å². The summed E-state index contributed by atoms with van der Waals surface area (Å²) in [5, 5.41) is 12.8. The maximum Gasteiger partial charge on any atom is 0.315 e. The number of rotatable bonds is 5. The van der Waals surface area contributed by atoms with Gasteiger partial charge in [0.2, 0.25) is 0 Å². The standard InChI is InChI=1S/C23H28N4O2/c1-23(2,18-9-8-16-6-4-5-7-17(16)14-18)15-24-22(28)26-19-11-13-29-21(19)20-10-12-25-27(20)3/h4-10,12,14,19,21H,11,13,15H2,1-3H3,(H2,24,26,28)/t19-,21-/m0/s1. The third-order valence-electron chi connectivity index (χ3n) is 5.78. The van der Waals surface area contributed by atoms with Gasteiger partial charge in [-0.05, 0) is 28.8 Å². The summed E-state index contributed by atoms with van der Waals surface area (Å²) in [6, 6.07) is 16.5. The van der Waals surface area contributed by atoms with Gasteiger partial charge in [0.05, 0.1) is 11.7 Å². The number of ether oxygens (including phenoxy) is 1. The van der Waals surface area contributed by atoms with Crippen LogP contribution in [-0.4, -0.2) is 35.0 Å². The van der Waals surface area contributed by atoms with Crippen molar-refractivity contribution in [2.24, 2.45) is 7.05 Å². The van der Waals surface area contributed by atoms with Gasteiger partial charge < -0.3 is 15.4 Å². The summed E-state index contributed by atoms with van der Waals surface area (Å²) in [7, 11) is 1.89. The predicted octanol–water partition coefficient (Wildman–Crippen LogP) is 3.68. The number of hydrogen-bond donors (Lipinski definition) is 2. The molecule has 29 heavy (non-hydrogen) atoms. The molecule has 3 aromatic rings. The Labute approximate surface area is 171 Å². The quantitative estimate of drug-likeness (QED) is 0.696. The Morgan fingerprint density at radius 3 is 2.76 bits per heavy atom. The number of carbonyl (C=O) groups excluding carboxylic acids is 1. The Balaban J connectivity index is 1.38. The summed E-state index contributed by atoms with van der Waals surface area (Å²) < 4.78 is 7.64. The lowest BCUT2D eigenvalue weighted by Crippen LogP contribution is -2.47. The molecule has 0 saturated carbocycles. The number of benzene rings is 2. The van der Waals surface area contributed by atoms with Crippen LogP contribution in [0, 0.1) is 0 Å². The summed E-state index contributed by atoms with van der Waals surface area (Å²) in [4.78, 5) is 12.6. The summed E-state index contributed by atoms with van der Waals surface area (Å²) in [6.45, 7) is 5.47. The van der Waals surface area contributed by atoms with Crippen molar-refractivity contribution in [2.75, 3.05) is 13.2 Å². The van der Waals surface area contributed by atoms with Crippen LogP contribution in [0.2, 0.25) is 0 Å². The molecule has 0 bridgehead atoms. The minimum Gasteiger partial charge on any atom is -0.370 e. The Kier molecular flexibility index (Phi) is 5.28. The van der Waals surface area contributed by atoms with E-state index in [9.17, 15) is 4.79 Å². The molecule has 4 rings (SSSR count). The second-order valence-corrected chi connectivity index (χ2v) is 8.34. The smallest absolute Gasteiger partial charge is 0.315 e. The molecule has 2 atom stereocenters. The van der Waals surface area contributed by atoms with Gasteiger partial charge in [-0.3, -0.25) is 4.68 Å². The highest BCUT2D eigenvalue weighted by Gasteiger charge is 2.33. The van der Waals surface area contributed by atoms with Gasteiger partial charge in [0.25, 0.3) is 0 Å². The first-order chi connectivity index (χ1) is 13.9. The molecule has 1 aliphatic rings. The van der Waals surface area contributed by atoms with Gasteiger partial charge in [-0.1, -0.05) is 56.3 Å². The highest BCUT2D eigenvalue weighted by atomic mass is 16.5. The van der Waals surface area contributed by atoms with E-state index in [2.05, 4.69) is 59.9 Å². The molecular weight excluding hydrogens is 364 g/mol. The van der Waals surface area contributed by atoms with E-state index >= 15 is 0 Å². The van der Waals surface area contributed by atoms with Crippen LogP contribution in [0.4, 0.5) is 4.79 Å². The van der Waals surface area contributed by atoms with Crippen molar-refractivity contribution in [3.05, 3.63) is 66.0 Å². The molecule has 0 unspecified atom stereocenters. The molecule has 2 N–H and O–H groups in total. The van der Waals surface area contributed by atoms with Crippen molar-refractivity contribution in [3.63, 3.8) is 0 Å². The van der Waals surface area contributed by atoms with Gasteiger partial charge in [0.15, 0.2) is 0 Å². The van der Waals surface area contributed by atoms with Crippen LogP contribution in [0.3, 0.4) is 0 Å². The fourth-order valence-corrected chi connectivity index (χ4v) is 3.93. The Morgan fingerprint density at radius 2 is 2.00 bits per heavy atom. The first-order valence-electron chi connectivity index (χ1n) is 10.1. The molecule has 2 heterocycles. The highest BCUT2D eigenvalue weighted by Crippen LogP contribution is 2.29. The van der Waals surface area contributed by atoms with E-state index in [0.29, 0.717) is 13.2 Å². The lowest BCUT2D eigenvalue weighted by Gasteiger charge is -2.27. The van der Waals surface area contributed by atoms with Crippen LogP contribution in [0.5, 0.6) is 0 Å². The molecule has 1 saturated heterocycles. The summed E-state index contributed by atoms with van der Waals surface area (Å²) >= 11 is 0. The number of urea groups is 1. The topological polar surface area (TPSA) is 68.2 Å². The minimum atomic E-state index is -0.186. The Morgan fingerprint density at radius 1 is 1.21 bits per heavy atom. The van der Waals surface area contributed by atoms with Crippen LogP contribution < -0.4 is 10.6 Å². The largest absolute Gasteiger partial charge is 0.370 e. The zero-order valence-corrected chi connectivity index (χ0v) is 17.2. The summed E-state index contributed by atoms with van der Waals surface area (Å²) in [5.74, 6) is 0. The maximum absolute atomic E-state index is 12.6.